The van der Waals surface area contributed by atoms with Gasteiger partial charge in [0.15, 0.2) is 12.6 Å². The van der Waals surface area contributed by atoms with Crippen LogP contribution in [-0.4, -0.2) is 242 Å². The van der Waals surface area contributed by atoms with E-state index in [4.69, 9.17) is 37.9 Å². The number of rotatable bonds is 28. The first kappa shape index (κ1) is 51.1. The predicted octanol–water partition coefficient (Wildman–Crippen LogP) is -4.96. The van der Waals surface area contributed by atoms with Crippen molar-refractivity contribution in [2.24, 2.45) is 0 Å². The maximum Gasteiger partial charge on any atom is 0.224 e. The Hall–Kier alpha value is -2.23. The summed E-state index contributed by atoms with van der Waals surface area (Å²) in [5, 5.41) is 75.1. The van der Waals surface area contributed by atoms with Crippen molar-refractivity contribution in [1.82, 2.24) is 20.4 Å². The van der Waals surface area contributed by atoms with Crippen molar-refractivity contribution >= 4 is 17.7 Å². The maximum atomic E-state index is 13.1. The normalized spacial score (nSPS) is 31.1. The molecule has 3 aliphatic heterocycles. The first-order chi connectivity index (χ1) is 28.3. The molecule has 0 aromatic heterocycles. The topological polar surface area (TPSA) is 297 Å². The molecule has 3 fully saturated rings. The number of carbonyl (C=O) groups is 3. The van der Waals surface area contributed by atoms with Gasteiger partial charge in [-0.05, 0) is 12.8 Å². The number of likely N-dealkylation sites (tertiary alicyclic amines) is 1. The van der Waals surface area contributed by atoms with Gasteiger partial charge < -0.3 is 89.2 Å². The van der Waals surface area contributed by atoms with Gasteiger partial charge in [0, 0.05) is 52.5 Å². The fourth-order valence-electron chi connectivity index (χ4n) is 7.02. The molecular weight excluding hydrogens is 788 g/mol. The highest BCUT2D eigenvalue weighted by atomic mass is 16.7. The number of hydrogen-bond donors (Lipinski definition) is 9. The smallest absolute Gasteiger partial charge is 0.224 e. The van der Waals surface area contributed by atoms with Crippen LogP contribution in [0.2, 0.25) is 0 Å². The number of hydrogen-bond acceptors (Lipinski definition) is 19. The molecule has 0 radical (unpaired) electrons. The summed E-state index contributed by atoms with van der Waals surface area (Å²) in [5.74, 6) is -0.930. The molecule has 4 unspecified atom stereocenters. The molecule has 3 amide bonds. The largest absolute Gasteiger partial charge is 0.394 e. The number of β-amino-alcohol motifs (C(OH)–C–C–N with tert-alkyl or cyclic N) is 1. The predicted molar refractivity (Wildman–Crippen MR) is 203 cm³/mol. The first-order valence-corrected chi connectivity index (χ1v) is 20.3. The van der Waals surface area contributed by atoms with Crippen LogP contribution in [0.1, 0.15) is 40.0 Å². The highest BCUT2D eigenvalue weighted by Crippen LogP contribution is 2.24. The zero-order valence-corrected chi connectivity index (χ0v) is 34.4. The Labute approximate surface area is 344 Å². The number of amides is 3. The molecule has 0 aliphatic carbocycles. The molecule has 0 aromatic carbocycles. The van der Waals surface area contributed by atoms with Crippen LogP contribution in [0.5, 0.6) is 0 Å². The highest BCUT2D eigenvalue weighted by molar-refractivity contribution is 5.77. The van der Waals surface area contributed by atoms with Crippen LogP contribution in [-0.2, 0) is 52.3 Å². The standard InChI is InChI=1S/C37H68N4O18/c1-4-25-19-26(46)20-41(25)29(47)5-6-40(7-9-52-11-13-54-15-17-56-36-30(38-23(2)44)34(50)32(48)27(21-42)58-36)8-10-53-12-14-55-16-18-57-37-31(39-24(3)45)35(51)33(49)28(22-43)59-37/h25-28,30-37,42-43,46,48-51H,4-22H2,1-3H3,(H,38,44)(H,39,45)/t25-,26-,27?,28?,30?,31?,32-,33-,34-,35-,36-,37-/m1/s1. The molecule has 0 spiro atoms. The minimum Gasteiger partial charge on any atom is -0.394 e. The lowest BCUT2D eigenvalue weighted by molar-refractivity contribution is -0.272. The average Bonchev–Trinajstić information content (AvgIpc) is 3.60. The van der Waals surface area contributed by atoms with Crippen molar-refractivity contribution in [2.75, 3.05) is 105 Å². The fraction of sp³-hybridized carbons (Fsp3) is 0.919. The Morgan fingerprint density at radius 2 is 1.07 bits per heavy atom. The van der Waals surface area contributed by atoms with Crippen molar-refractivity contribution in [3.05, 3.63) is 0 Å². The van der Waals surface area contributed by atoms with Crippen LogP contribution in [0.4, 0.5) is 0 Å². The zero-order valence-electron chi connectivity index (χ0n) is 34.4. The van der Waals surface area contributed by atoms with Crippen LogP contribution in [0, 0.1) is 0 Å². The maximum absolute atomic E-state index is 13.1. The second kappa shape index (κ2) is 27.7. The molecule has 12 atom stereocenters. The second-order valence-electron chi connectivity index (χ2n) is 14.6. The Morgan fingerprint density at radius 3 is 1.47 bits per heavy atom. The second-order valence-corrected chi connectivity index (χ2v) is 14.6. The summed E-state index contributed by atoms with van der Waals surface area (Å²) in [5.41, 5.74) is 0. The van der Waals surface area contributed by atoms with E-state index in [0.29, 0.717) is 45.8 Å². The van der Waals surface area contributed by atoms with Gasteiger partial charge in [0.25, 0.3) is 0 Å². The first-order valence-electron chi connectivity index (χ1n) is 20.3. The molecule has 3 aliphatic rings. The van der Waals surface area contributed by atoms with E-state index in [-0.39, 0.29) is 71.2 Å². The summed E-state index contributed by atoms with van der Waals surface area (Å²) in [6, 6.07) is -2.07. The third kappa shape index (κ3) is 17.2. The van der Waals surface area contributed by atoms with E-state index < -0.39 is 92.4 Å². The molecule has 3 heterocycles. The zero-order chi connectivity index (χ0) is 43.3. The van der Waals surface area contributed by atoms with E-state index in [0.717, 1.165) is 6.42 Å². The minimum atomic E-state index is -1.41. The molecule has 3 rings (SSSR count). The van der Waals surface area contributed by atoms with Gasteiger partial charge in [-0.2, -0.15) is 0 Å². The van der Waals surface area contributed by atoms with Crippen LogP contribution in [0.3, 0.4) is 0 Å². The lowest BCUT2D eigenvalue weighted by atomic mass is 9.97. The van der Waals surface area contributed by atoms with Crippen LogP contribution in [0.25, 0.3) is 0 Å². The monoisotopic (exact) mass is 856 g/mol. The average molecular weight is 857 g/mol. The van der Waals surface area contributed by atoms with Gasteiger partial charge in [-0.3, -0.25) is 19.3 Å². The number of aliphatic hydroxyl groups is 7. The van der Waals surface area contributed by atoms with Crippen molar-refractivity contribution in [1.29, 1.82) is 0 Å². The van der Waals surface area contributed by atoms with Crippen LogP contribution < -0.4 is 10.6 Å². The van der Waals surface area contributed by atoms with Gasteiger partial charge in [0.2, 0.25) is 17.7 Å². The molecule has 0 saturated carbocycles. The van der Waals surface area contributed by atoms with Gasteiger partial charge in [-0.1, -0.05) is 6.92 Å². The summed E-state index contributed by atoms with van der Waals surface area (Å²) in [7, 11) is 0. The van der Waals surface area contributed by atoms with E-state index in [9.17, 15) is 50.1 Å². The van der Waals surface area contributed by atoms with Gasteiger partial charge in [0.1, 0.15) is 48.7 Å². The summed E-state index contributed by atoms with van der Waals surface area (Å²) in [6.45, 7) is 7.25. The number of carbonyl (C=O) groups excluding carboxylic acids is 3. The molecule has 22 heteroatoms. The van der Waals surface area contributed by atoms with Crippen molar-refractivity contribution < 1.29 is 88.0 Å². The Bertz CT molecular complexity index is 1140. The molecular formula is C37H68N4O18. The third-order valence-corrected chi connectivity index (χ3v) is 10.2. The molecule has 0 aromatic rings. The van der Waals surface area contributed by atoms with E-state index >= 15 is 0 Å². The molecule has 344 valence electrons. The third-order valence-electron chi connectivity index (χ3n) is 10.2. The summed E-state index contributed by atoms with van der Waals surface area (Å²) >= 11 is 0. The highest BCUT2D eigenvalue weighted by Gasteiger charge is 2.46. The Balaban J connectivity index is 1.34. The molecule has 0 bridgehead atoms. The van der Waals surface area contributed by atoms with E-state index in [1.54, 1.807) is 4.90 Å². The number of aliphatic hydroxyl groups excluding tert-OH is 7. The Morgan fingerprint density at radius 1 is 0.644 bits per heavy atom. The summed E-state index contributed by atoms with van der Waals surface area (Å²) in [4.78, 5) is 40.1. The van der Waals surface area contributed by atoms with E-state index in [1.165, 1.54) is 13.8 Å². The minimum absolute atomic E-state index is 0.0185. The van der Waals surface area contributed by atoms with Crippen molar-refractivity contribution in [3.63, 3.8) is 0 Å². The molecule has 22 nitrogen and oxygen atoms in total. The lowest BCUT2D eigenvalue weighted by Crippen LogP contribution is -2.64. The molecule has 9 N–H and O–H groups in total. The summed E-state index contributed by atoms with van der Waals surface area (Å²) < 4.78 is 45.0. The Kier molecular flexibility index (Phi) is 24.0. The lowest BCUT2D eigenvalue weighted by Gasteiger charge is -2.42. The van der Waals surface area contributed by atoms with Gasteiger partial charge in [-0.15, -0.1) is 0 Å². The van der Waals surface area contributed by atoms with Crippen molar-refractivity contribution in [2.45, 2.75) is 113 Å². The van der Waals surface area contributed by atoms with Gasteiger partial charge in [0.05, 0.1) is 85.4 Å². The molecule has 3 saturated heterocycles. The van der Waals surface area contributed by atoms with Crippen LogP contribution >= 0.6 is 0 Å². The quantitative estimate of drug-likeness (QED) is 0.0333. The molecule has 59 heavy (non-hydrogen) atoms. The van der Waals surface area contributed by atoms with Gasteiger partial charge in [-0.25, -0.2) is 0 Å². The van der Waals surface area contributed by atoms with E-state index in [1.807, 2.05) is 6.92 Å². The van der Waals surface area contributed by atoms with Crippen molar-refractivity contribution in [3.8, 4) is 0 Å². The number of ether oxygens (including phenoxy) is 8. The SMILES string of the molecule is CC[C@@H]1C[C@@H](O)CN1C(=O)CCN(CCOCCOCCO[C@@H]1OC(CO)[C@@H](O)[C@H](O)C1NC(C)=O)CCOCCOCCO[C@@H]1OC(CO)[C@@H](O)[C@H](O)C1NC(C)=O. The van der Waals surface area contributed by atoms with Gasteiger partial charge >= 0.3 is 0 Å². The van der Waals surface area contributed by atoms with E-state index in [2.05, 4.69) is 15.5 Å². The summed E-state index contributed by atoms with van der Waals surface area (Å²) in [6.07, 6.45) is -8.95. The fourth-order valence-corrected chi connectivity index (χ4v) is 7.02. The number of nitrogens with zero attached hydrogens (tertiary/aromatic N) is 2. The number of nitrogens with one attached hydrogen (secondary N) is 2. The van der Waals surface area contributed by atoms with Crippen LogP contribution in [0.15, 0.2) is 0 Å².